The predicted molar refractivity (Wildman–Crippen MR) is 53.5 cm³/mol. The molecule has 0 aliphatic rings. The smallest absolute Gasteiger partial charge is 0.356 e. The monoisotopic (exact) mass is 223 g/mol. The van der Waals surface area contributed by atoms with Crippen molar-refractivity contribution in [1.82, 2.24) is 9.97 Å². The van der Waals surface area contributed by atoms with Crippen LogP contribution in [0.1, 0.15) is 17.9 Å². The molecule has 0 atom stereocenters. The summed E-state index contributed by atoms with van der Waals surface area (Å²) in [6.45, 7) is 1.58. The van der Waals surface area contributed by atoms with Crippen LogP contribution >= 0.6 is 0 Å². The second kappa shape index (κ2) is 4.93. The average molecular weight is 223 g/mol. The number of ether oxygens (including phenoxy) is 1. The third-order valence-electron chi connectivity index (χ3n) is 1.65. The zero-order valence-corrected chi connectivity index (χ0v) is 8.73. The molecule has 0 aliphatic carbocycles. The fourth-order valence-electron chi connectivity index (χ4n) is 0.971. The summed E-state index contributed by atoms with van der Waals surface area (Å²) in [6, 6.07) is 0. The summed E-state index contributed by atoms with van der Waals surface area (Å²) in [6.07, 6.45) is -0.125. The van der Waals surface area contributed by atoms with E-state index in [-0.39, 0.29) is 17.9 Å². The van der Waals surface area contributed by atoms with Gasteiger partial charge in [-0.1, -0.05) is 5.92 Å². The first-order chi connectivity index (χ1) is 7.54. The molecule has 16 heavy (non-hydrogen) atoms. The third kappa shape index (κ3) is 2.81. The van der Waals surface area contributed by atoms with Gasteiger partial charge in [-0.3, -0.25) is 4.79 Å². The summed E-state index contributed by atoms with van der Waals surface area (Å²) in [5.74, 6) is 4.53. The summed E-state index contributed by atoms with van der Waals surface area (Å²) < 4.78 is 4.37. The van der Waals surface area contributed by atoms with Crippen molar-refractivity contribution in [2.75, 3.05) is 7.11 Å². The van der Waals surface area contributed by atoms with Gasteiger partial charge in [0.05, 0.1) is 7.11 Å². The van der Waals surface area contributed by atoms with Crippen molar-refractivity contribution < 1.29 is 14.5 Å². The highest BCUT2D eigenvalue weighted by Gasteiger charge is 2.15. The molecule has 0 fully saturated rings. The van der Waals surface area contributed by atoms with Crippen molar-refractivity contribution >= 4 is 11.8 Å². The predicted octanol–water partition coefficient (Wildman–Crippen LogP) is 0.541. The number of carbonyl (C=O) groups is 1. The van der Waals surface area contributed by atoms with E-state index in [0.29, 0.717) is 5.82 Å². The van der Waals surface area contributed by atoms with Crippen LogP contribution in [0.5, 0.6) is 0 Å². The van der Waals surface area contributed by atoms with Crippen molar-refractivity contribution in [2.45, 2.75) is 13.3 Å². The molecule has 1 heterocycles. The third-order valence-corrected chi connectivity index (χ3v) is 1.65. The lowest BCUT2D eigenvalue weighted by Crippen LogP contribution is -1.97. The minimum absolute atomic E-state index is 0.0198. The molecular weight excluding hydrogens is 214 g/mol. The molecule has 0 aromatic carbocycles. The van der Waals surface area contributed by atoms with E-state index in [4.69, 9.17) is 0 Å². The fourth-order valence-corrected chi connectivity index (χ4v) is 0.971. The lowest BCUT2D eigenvalue weighted by atomic mass is 10.4. The molecule has 0 spiro atoms. The summed E-state index contributed by atoms with van der Waals surface area (Å²) in [4.78, 5) is 27.0. The Kier molecular flexibility index (Phi) is 3.61. The van der Waals surface area contributed by atoms with Crippen molar-refractivity contribution in [1.29, 1.82) is 0 Å². The van der Waals surface area contributed by atoms with Crippen LogP contribution in [0.2, 0.25) is 0 Å². The van der Waals surface area contributed by atoms with Crippen molar-refractivity contribution in [3.05, 3.63) is 21.6 Å². The van der Waals surface area contributed by atoms with Crippen LogP contribution in [-0.2, 0) is 9.53 Å². The van der Waals surface area contributed by atoms with Crippen LogP contribution in [0.4, 0.5) is 5.82 Å². The summed E-state index contributed by atoms with van der Waals surface area (Å²) in [7, 11) is 1.24. The summed E-state index contributed by atoms with van der Waals surface area (Å²) in [5, 5.41) is 10.6. The highest BCUT2D eigenvalue weighted by molar-refractivity contribution is 5.72. The molecule has 0 unspecified atom stereocenters. The standard InChI is InChI=1S/C9H9N3O4/c1-6-10-7(9(11-6)12(14)15)4-3-5-8(13)16-2/h5H2,1-2H3,(H,10,11). The first-order valence-electron chi connectivity index (χ1n) is 4.31. The van der Waals surface area contributed by atoms with Gasteiger partial charge in [0.2, 0.25) is 5.69 Å². The number of hydrogen-bond acceptors (Lipinski definition) is 5. The summed E-state index contributed by atoms with van der Waals surface area (Å²) >= 11 is 0. The molecule has 7 nitrogen and oxygen atoms in total. The van der Waals surface area contributed by atoms with E-state index in [1.165, 1.54) is 7.11 Å². The van der Waals surface area contributed by atoms with Gasteiger partial charge in [0, 0.05) is 6.92 Å². The largest absolute Gasteiger partial charge is 0.468 e. The van der Waals surface area contributed by atoms with Crippen molar-refractivity contribution in [3.63, 3.8) is 0 Å². The molecular formula is C9H9N3O4. The molecule has 1 aromatic rings. The number of methoxy groups -OCH3 is 1. The molecule has 1 rings (SSSR count). The number of nitrogens with one attached hydrogen (secondary N) is 1. The van der Waals surface area contributed by atoms with Gasteiger partial charge < -0.3 is 14.9 Å². The van der Waals surface area contributed by atoms with Gasteiger partial charge in [0.1, 0.15) is 6.42 Å². The number of nitro groups is 1. The molecule has 0 amide bonds. The van der Waals surface area contributed by atoms with E-state index in [9.17, 15) is 14.9 Å². The molecule has 1 N–H and O–H groups in total. The van der Waals surface area contributed by atoms with E-state index >= 15 is 0 Å². The van der Waals surface area contributed by atoms with Gasteiger partial charge in [-0.25, -0.2) is 4.98 Å². The van der Waals surface area contributed by atoms with Gasteiger partial charge >= 0.3 is 11.8 Å². The zero-order valence-electron chi connectivity index (χ0n) is 8.73. The highest BCUT2D eigenvalue weighted by atomic mass is 16.6. The minimum atomic E-state index is -0.609. The van der Waals surface area contributed by atoms with E-state index < -0.39 is 10.9 Å². The van der Waals surface area contributed by atoms with Crippen LogP contribution in [0.3, 0.4) is 0 Å². The Labute approximate surface area is 91.0 Å². The number of imidazole rings is 1. The number of aryl methyl sites for hydroxylation is 1. The molecule has 84 valence electrons. The summed E-state index contributed by atoms with van der Waals surface area (Å²) in [5.41, 5.74) is 0.0198. The van der Waals surface area contributed by atoms with E-state index in [1.54, 1.807) is 6.92 Å². The maximum absolute atomic E-state index is 10.7. The molecule has 1 aromatic heterocycles. The lowest BCUT2D eigenvalue weighted by molar-refractivity contribution is -0.389. The number of nitrogens with zero attached hydrogens (tertiary/aromatic N) is 2. The van der Waals surface area contributed by atoms with Gasteiger partial charge in [-0.05, 0) is 10.8 Å². The Balaban J connectivity index is 2.88. The van der Waals surface area contributed by atoms with Gasteiger partial charge in [0.25, 0.3) is 0 Å². The second-order valence-corrected chi connectivity index (χ2v) is 2.83. The molecule has 0 saturated heterocycles. The van der Waals surface area contributed by atoms with E-state index in [1.807, 2.05) is 0 Å². The van der Waals surface area contributed by atoms with Gasteiger partial charge in [-0.2, -0.15) is 4.98 Å². The number of aromatic nitrogens is 2. The molecule has 0 saturated carbocycles. The number of aromatic amines is 1. The SMILES string of the molecule is COC(=O)CC#Cc1nc(C)[nH]c1[N+](=O)[O-]. The molecule has 0 radical (unpaired) electrons. The number of carbonyl (C=O) groups excluding carboxylic acids is 1. The second-order valence-electron chi connectivity index (χ2n) is 2.83. The minimum Gasteiger partial charge on any atom is -0.468 e. The Bertz CT molecular complexity index is 481. The van der Waals surface area contributed by atoms with Gasteiger partial charge in [-0.15, -0.1) is 0 Å². The first-order valence-corrected chi connectivity index (χ1v) is 4.31. The molecule has 0 bridgehead atoms. The quantitative estimate of drug-likeness (QED) is 0.341. The maximum Gasteiger partial charge on any atom is 0.356 e. The van der Waals surface area contributed by atoms with E-state index in [0.717, 1.165) is 0 Å². The topological polar surface area (TPSA) is 98.1 Å². The zero-order chi connectivity index (χ0) is 12.1. The molecule has 7 heteroatoms. The van der Waals surface area contributed by atoms with Crippen LogP contribution in [0.25, 0.3) is 0 Å². The Morgan fingerprint density at radius 1 is 1.69 bits per heavy atom. The maximum atomic E-state index is 10.7. The Hall–Kier alpha value is -2.36. The van der Waals surface area contributed by atoms with Gasteiger partial charge in [0.15, 0.2) is 5.82 Å². The highest BCUT2D eigenvalue weighted by Crippen LogP contribution is 2.13. The Morgan fingerprint density at radius 3 is 2.94 bits per heavy atom. The first kappa shape index (κ1) is 11.7. The van der Waals surface area contributed by atoms with Crippen LogP contribution in [-0.4, -0.2) is 28.0 Å². The lowest BCUT2D eigenvalue weighted by Gasteiger charge is -1.89. The average Bonchev–Trinajstić information content (AvgIpc) is 2.59. The molecule has 0 aliphatic heterocycles. The van der Waals surface area contributed by atoms with E-state index in [2.05, 4.69) is 26.5 Å². The van der Waals surface area contributed by atoms with Crippen LogP contribution in [0, 0.1) is 28.9 Å². The number of rotatable bonds is 2. The van der Waals surface area contributed by atoms with Crippen LogP contribution in [0.15, 0.2) is 0 Å². The van der Waals surface area contributed by atoms with Crippen molar-refractivity contribution in [3.8, 4) is 11.8 Å². The number of esters is 1. The Morgan fingerprint density at radius 2 is 2.38 bits per heavy atom. The number of hydrogen-bond donors (Lipinski definition) is 1. The van der Waals surface area contributed by atoms with Crippen LogP contribution < -0.4 is 0 Å². The normalized spacial score (nSPS) is 9.12. The fraction of sp³-hybridized carbons (Fsp3) is 0.333. The van der Waals surface area contributed by atoms with Crippen molar-refractivity contribution in [2.24, 2.45) is 0 Å². The number of H-pyrrole nitrogens is 1.